The Morgan fingerprint density at radius 2 is 1.64 bits per heavy atom. The molecule has 3 aliphatic rings. The summed E-state index contributed by atoms with van der Waals surface area (Å²) < 4.78 is 0. The quantitative estimate of drug-likeness (QED) is 0.175. The van der Waals surface area contributed by atoms with Crippen LogP contribution in [0.25, 0.3) is 10.8 Å². The molecule has 2 saturated carbocycles. The highest BCUT2D eigenvalue weighted by Gasteiger charge is 2.69. The van der Waals surface area contributed by atoms with E-state index in [1.54, 1.807) is 51.3 Å². The van der Waals surface area contributed by atoms with E-state index in [0.717, 1.165) is 10.8 Å². The molecule has 13 heteroatoms. The van der Waals surface area contributed by atoms with Gasteiger partial charge < -0.3 is 36.6 Å². The average Bonchev–Trinajstić information content (AvgIpc) is 3.00. The molecule has 0 aliphatic heterocycles. The number of Topliss-reactive ketones (excluding diaryl/α,β-unsaturated/α-hetero) is 3. The first-order valence-electron chi connectivity index (χ1n) is 15.3. The van der Waals surface area contributed by atoms with Gasteiger partial charge in [-0.05, 0) is 55.9 Å². The van der Waals surface area contributed by atoms with Gasteiger partial charge in [0.25, 0.3) is 0 Å². The number of carbonyl (C=O) groups excluding carboxylic acids is 5. The number of hydrogen-bond acceptors (Lipinski definition) is 10. The summed E-state index contributed by atoms with van der Waals surface area (Å²) in [6.45, 7) is 0. The van der Waals surface area contributed by atoms with Crippen molar-refractivity contribution in [2.24, 2.45) is 29.4 Å². The summed E-state index contributed by atoms with van der Waals surface area (Å²) in [4.78, 5) is 69.9. The SMILES string of the molecule is CN(C)c1cc(NC(=O)Nc2cccc3ccccc23)c(O)c2c1C[C@H]1C[C@H]3[C@H](N(C)C)C(=O)C(C(N)=O)C(=O)[C@@]3(O)C(O)C1C2=O. The number of nitrogens with two attached hydrogens (primary N) is 1. The zero-order valence-corrected chi connectivity index (χ0v) is 26.4. The van der Waals surface area contributed by atoms with Crippen molar-refractivity contribution >= 4 is 57.1 Å². The number of ketones is 3. The van der Waals surface area contributed by atoms with Crippen LogP contribution in [0.5, 0.6) is 5.75 Å². The number of nitrogens with zero attached hydrogens (tertiary/aromatic N) is 2. The molecular weight excluding hydrogens is 606 g/mol. The van der Waals surface area contributed by atoms with Gasteiger partial charge in [-0.3, -0.25) is 24.1 Å². The smallest absolute Gasteiger partial charge is 0.323 e. The van der Waals surface area contributed by atoms with Crippen molar-refractivity contribution < 1.29 is 39.3 Å². The van der Waals surface area contributed by atoms with Gasteiger partial charge in [-0.15, -0.1) is 0 Å². The molecule has 0 saturated heterocycles. The standard InChI is InChI=1S/C34H37N5O8/c1-38(2)22-14-21(37-33(46)36-20-11-7-9-15-8-5-6-10-17(15)20)27(40)24-18(22)12-16-13-19-26(39(3)4)29(42)25(32(35)45)31(44)34(19,47)30(43)23(16)28(24)41/h5-11,14,16,19,23,25-26,30,40,43,47H,12-13H2,1-4H3,(H2,35,45)(H2,36,37,46)/t16-,19-,23?,25?,26-,30?,34-/m0/s1. The lowest BCUT2D eigenvalue weighted by molar-refractivity contribution is -0.203. The molecule has 0 heterocycles. The van der Waals surface area contributed by atoms with Gasteiger partial charge >= 0.3 is 6.03 Å². The van der Waals surface area contributed by atoms with Crippen LogP contribution in [0.3, 0.4) is 0 Å². The van der Waals surface area contributed by atoms with Gasteiger partial charge in [-0.1, -0.05) is 36.4 Å². The number of amides is 3. The molecule has 7 atom stereocenters. The summed E-state index contributed by atoms with van der Waals surface area (Å²) in [5.74, 6) is -9.64. The van der Waals surface area contributed by atoms with E-state index >= 15 is 0 Å². The number of nitrogens with one attached hydrogen (secondary N) is 2. The highest BCUT2D eigenvalue weighted by Crippen LogP contribution is 2.54. The number of hydrogen-bond donors (Lipinski definition) is 6. The van der Waals surface area contributed by atoms with Gasteiger partial charge in [-0.25, -0.2) is 4.79 Å². The number of primary amides is 1. The number of rotatable bonds is 5. The Kier molecular flexibility index (Phi) is 7.81. The third-order valence-electron chi connectivity index (χ3n) is 10.0. The monoisotopic (exact) mass is 643 g/mol. The Bertz CT molecular complexity index is 1850. The summed E-state index contributed by atoms with van der Waals surface area (Å²) in [7, 11) is 6.60. The summed E-state index contributed by atoms with van der Waals surface area (Å²) in [6.07, 6.45) is -1.86. The van der Waals surface area contributed by atoms with Crippen LogP contribution >= 0.6 is 0 Å². The first-order valence-corrected chi connectivity index (χ1v) is 15.3. The fourth-order valence-electron chi connectivity index (χ4n) is 7.99. The number of phenols is 1. The van der Waals surface area contributed by atoms with Gasteiger partial charge in [0.15, 0.2) is 28.9 Å². The summed E-state index contributed by atoms with van der Waals surface area (Å²) in [5, 5.41) is 42.2. The topological polar surface area (TPSA) is 203 Å². The van der Waals surface area contributed by atoms with Crippen molar-refractivity contribution in [3.05, 3.63) is 59.7 Å². The molecule has 0 aromatic heterocycles. The first kappa shape index (κ1) is 32.1. The minimum atomic E-state index is -2.63. The second kappa shape index (κ2) is 11.4. The third-order valence-corrected chi connectivity index (χ3v) is 10.0. The predicted molar refractivity (Wildman–Crippen MR) is 173 cm³/mol. The molecule has 6 rings (SSSR count). The first-order chi connectivity index (χ1) is 22.2. The van der Waals surface area contributed by atoms with E-state index < -0.39 is 76.5 Å². The second-order valence-electron chi connectivity index (χ2n) is 13.1. The maximum absolute atomic E-state index is 14.3. The van der Waals surface area contributed by atoms with Crippen molar-refractivity contribution in [1.29, 1.82) is 0 Å². The van der Waals surface area contributed by atoms with Crippen LogP contribution in [0.2, 0.25) is 0 Å². The van der Waals surface area contributed by atoms with Crippen LogP contribution in [0.4, 0.5) is 21.9 Å². The van der Waals surface area contributed by atoms with E-state index in [1.807, 2.05) is 30.3 Å². The van der Waals surface area contributed by atoms with E-state index in [9.17, 15) is 39.3 Å². The highest BCUT2D eigenvalue weighted by molar-refractivity contribution is 6.24. The molecule has 3 aromatic carbocycles. The van der Waals surface area contributed by atoms with Crippen LogP contribution in [0.15, 0.2) is 48.5 Å². The van der Waals surface area contributed by atoms with E-state index in [4.69, 9.17) is 5.73 Å². The van der Waals surface area contributed by atoms with Gasteiger partial charge in [0, 0.05) is 31.1 Å². The maximum atomic E-state index is 14.3. The molecule has 246 valence electrons. The van der Waals surface area contributed by atoms with Gasteiger partial charge in [0.1, 0.15) is 11.9 Å². The Balaban J connectivity index is 1.39. The Morgan fingerprint density at radius 1 is 0.979 bits per heavy atom. The van der Waals surface area contributed by atoms with Crippen LogP contribution in [0.1, 0.15) is 22.3 Å². The lowest BCUT2D eigenvalue weighted by Crippen LogP contribution is -2.75. The van der Waals surface area contributed by atoms with Crippen molar-refractivity contribution in [2.75, 3.05) is 43.7 Å². The van der Waals surface area contributed by atoms with Crippen LogP contribution in [-0.4, -0.2) is 95.4 Å². The zero-order valence-electron chi connectivity index (χ0n) is 26.4. The number of urea groups is 1. The summed E-state index contributed by atoms with van der Waals surface area (Å²) >= 11 is 0. The molecular formula is C34H37N5O8. The van der Waals surface area contributed by atoms with E-state index in [0.29, 0.717) is 16.9 Å². The zero-order chi connectivity index (χ0) is 34.1. The fourth-order valence-corrected chi connectivity index (χ4v) is 7.99. The van der Waals surface area contributed by atoms with Crippen LogP contribution in [-0.2, 0) is 20.8 Å². The number of carbonyl (C=O) groups is 5. The number of anilines is 3. The Hall–Kier alpha value is -4.85. The van der Waals surface area contributed by atoms with E-state index in [-0.39, 0.29) is 24.1 Å². The van der Waals surface area contributed by atoms with Crippen molar-refractivity contribution in [3.8, 4) is 5.75 Å². The normalized spacial score (nSPS) is 28.4. The van der Waals surface area contributed by atoms with Gasteiger partial charge in [0.2, 0.25) is 5.91 Å². The molecule has 0 bridgehead atoms. The average molecular weight is 644 g/mol. The van der Waals surface area contributed by atoms with Crippen molar-refractivity contribution in [2.45, 2.75) is 30.6 Å². The molecule has 3 unspecified atom stereocenters. The second-order valence-corrected chi connectivity index (χ2v) is 13.1. The molecule has 0 spiro atoms. The molecule has 47 heavy (non-hydrogen) atoms. The number of fused-ring (bicyclic) bond motifs is 4. The lowest BCUT2D eigenvalue weighted by atomic mass is 9.51. The fraction of sp³-hybridized carbons (Fsp3) is 0.382. The van der Waals surface area contributed by atoms with Crippen molar-refractivity contribution in [3.63, 3.8) is 0 Å². The highest BCUT2D eigenvalue weighted by atomic mass is 16.4. The van der Waals surface area contributed by atoms with Crippen molar-refractivity contribution in [1.82, 2.24) is 4.90 Å². The molecule has 0 radical (unpaired) electrons. The number of phenolic OH excluding ortho intramolecular Hbond substituents is 1. The number of benzene rings is 3. The number of aliphatic hydroxyl groups is 2. The molecule has 3 aromatic rings. The third kappa shape index (κ3) is 4.84. The maximum Gasteiger partial charge on any atom is 0.323 e. The molecule has 2 fully saturated rings. The summed E-state index contributed by atoms with van der Waals surface area (Å²) in [5.41, 5.74) is 4.07. The van der Waals surface area contributed by atoms with E-state index in [2.05, 4.69) is 10.6 Å². The molecule has 3 amide bonds. The Labute approximate surface area is 270 Å². The predicted octanol–water partition coefficient (Wildman–Crippen LogP) is 1.52. The molecule has 7 N–H and O–H groups in total. The van der Waals surface area contributed by atoms with Gasteiger partial charge in [0.05, 0.1) is 28.9 Å². The summed E-state index contributed by atoms with van der Waals surface area (Å²) in [6, 6.07) is 12.7. The van der Waals surface area contributed by atoms with Crippen LogP contribution < -0.4 is 21.3 Å². The van der Waals surface area contributed by atoms with E-state index in [1.165, 1.54) is 4.90 Å². The Morgan fingerprint density at radius 3 is 2.30 bits per heavy atom. The van der Waals surface area contributed by atoms with Gasteiger partial charge in [-0.2, -0.15) is 0 Å². The number of aromatic hydroxyl groups is 1. The van der Waals surface area contributed by atoms with Crippen LogP contribution in [0, 0.1) is 23.7 Å². The minimum absolute atomic E-state index is 0.00369. The largest absolute Gasteiger partial charge is 0.505 e. The molecule has 3 aliphatic carbocycles. The lowest BCUT2D eigenvalue weighted by Gasteiger charge is -2.56. The number of likely N-dealkylation sites (N-methyl/N-ethyl adjacent to an activating group) is 1. The minimum Gasteiger partial charge on any atom is -0.505 e. The molecule has 13 nitrogen and oxygen atoms in total. The number of aliphatic hydroxyl groups excluding tert-OH is 1.